The lowest BCUT2D eigenvalue weighted by atomic mass is 10.2. The second-order valence-corrected chi connectivity index (χ2v) is 4.17. The zero-order chi connectivity index (χ0) is 12.4. The lowest BCUT2D eigenvalue weighted by Crippen LogP contribution is -2.00. The van der Waals surface area contributed by atoms with Gasteiger partial charge in [0, 0.05) is 16.8 Å². The van der Waals surface area contributed by atoms with Gasteiger partial charge in [-0.3, -0.25) is 4.79 Å². The van der Waals surface area contributed by atoms with E-state index in [9.17, 15) is 4.79 Å². The van der Waals surface area contributed by atoms with Crippen LogP contribution in [0.5, 0.6) is 0 Å². The van der Waals surface area contributed by atoms with Crippen molar-refractivity contribution in [1.82, 2.24) is 9.78 Å². The highest BCUT2D eigenvalue weighted by atomic mass is 35.5. The normalized spacial score (nSPS) is 10.5. The van der Waals surface area contributed by atoms with Crippen LogP contribution in [0.3, 0.4) is 0 Å². The number of carboxylic acid groups (broad SMARTS) is 1. The molecule has 5 heteroatoms. The Morgan fingerprint density at radius 3 is 2.94 bits per heavy atom. The Morgan fingerprint density at radius 1 is 1.53 bits per heavy atom. The van der Waals surface area contributed by atoms with Gasteiger partial charge in [-0.25, -0.2) is 4.68 Å². The van der Waals surface area contributed by atoms with Gasteiger partial charge in [0.05, 0.1) is 17.8 Å². The van der Waals surface area contributed by atoms with E-state index < -0.39 is 5.97 Å². The summed E-state index contributed by atoms with van der Waals surface area (Å²) in [5.41, 5.74) is 2.24. The summed E-state index contributed by atoms with van der Waals surface area (Å²) in [5.74, 6) is -0.862. The van der Waals surface area contributed by atoms with Crippen molar-refractivity contribution < 1.29 is 9.90 Å². The molecule has 0 fully saturated rings. The lowest BCUT2D eigenvalue weighted by molar-refractivity contribution is -0.136. The van der Waals surface area contributed by atoms with Crippen molar-refractivity contribution in [2.75, 3.05) is 0 Å². The molecule has 2 rings (SSSR count). The molecule has 0 bridgehead atoms. The average Bonchev–Trinajstić information content (AvgIpc) is 2.59. The highest BCUT2D eigenvalue weighted by molar-refractivity contribution is 6.30. The number of carboxylic acids is 1. The average molecular weight is 251 g/mol. The number of aliphatic carboxylic acids is 1. The molecule has 1 aromatic carbocycles. The first kappa shape index (κ1) is 11.7. The maximum Gasteiger partial charge on any atom is 0.307 e. The summed E-state index contributed by atoms with van der Waals surface area (Å²) in [7, 11) is 0. The van der Waals surface area contributed by atoms with Crippen molar-refractivity contribution in [3.8, 4) is 5.69 Å². The van der Waals surface area contributed by atoms with Crippen LogP contribution in [0.1, 0.15) is 11.3 Å². The maximum absolute atomic E-state index is 10.7. The van der Waals surface area contributed by atoms with E-state index >= 15 is 0 Å². The van der Waals surface area contributed by atoms with Gasteiger partial charge in [0.25, 0.3) is 0 Å². The fourth-order valence-electron chi connectivity index (χ4n) is 1.58. The minimum Gasteiger partial charge on any atom is -0.481 e. The van der Waals surface area contributed by atoms with Crippen LogP contribution in [-0.4, -0.2) is 20.9 Å². The van der Waals surface area contributed by atoms with E-state index in [0.717, 1.165) is 5.69 Å². The molecular weight excluding hydrogens is 240 g/mol. The van der Waals surface area contributed by atoms with Crippen molar-refractivity contribution in [2.24, 2.45) is 0 Å². The van der Waals surface area contributed by atoms with E-state index in [2.05, 4.69) is 5.10 Å². The van der Waals surface area contributed by atoms with Crippen molar-refractivity contribution in [2.45, 2.75) is 13.3 Å². The van der Waals surface area contributed by atoms with E-state index in [1.807, 2.05) is 12.1 Å². The van der Waals surface area contributed by atoms with Crippen LogP contribution in [0.4, 0.5) is 0 Å². The Bertz CT molecular complexity index is 563. The van der Waals surface area contributed by atoms with Crippen LogP contribution >= 0.6 is 11.6 Å². The molecule has 17 heavy (non-hydrogen) atoms. The number of halogens is 1. The number of hydrogen-bond donors (Lipinski definition) is 1. The molecule has 0 unspecified atom stereocenters. The first-order chi connectivity index (χ1) is 8.06. The number of carbonyl (C=O) groups is 1. The van der Waals surface area contributed by atoms with Gasteiger partial charge in [0.15, 0.2) is 0 Å². The summed E-state index contributed by atoms with van der Waals surface area (Å²) < 4.78 is 1.64. The van der Waals surface area contributed by atoms with Crippen LogP contribution in [-0.2, 0) is 11.2 Å². The van der Waals surface area contributed by atoms with Crippen LogP contribution in [0, 0.1) is 6.92 Å². The Morgan fingerprint density at radius 2 is 2.29 bits per heavy atom. The SMILES string of the molecule is Cc1nn(-c2cccc(Cl)c2)cc1CC(=O)O. The second-order valence-electron chi connectivity index (χ2n) is 3.73. The van der Waals surface area contributed by atoms with E-state index in [4.69, 9.17) is 16.7 Å². The molecule has 0 radical (unpaired) electrons. The molecule has 1 N–H and O–H groups in total. The predicted octanol–water partition coefficient (Wildman–Crippen LogP) is 2.46. The molecule has 0 atom stereocenters. The molecule has 1 aromatic heterocycles. The first-order valence-corrected chi connectivity index (χ1v) is 5.47. The molecular formula is C12H11ClN2O2. The number of rotatable bonds is 3. The number of hydrogen-bond acceptors (Lipinski definition) is 2. The van der Waals surface area contributed by atoms with E-state index in [1.54, 1.807) is 29.9 Å². The monoisotopic (exact) mass is 250 g/mol. The minimum absolute atomic E-state index is 0.0214. The molecule has 0 amide bonds. The molecule has 0 saturated heterocycles. The van der Waals surface area contributed by atoms with Crippen LogP contribution in [0.2, 0.25) is 5.02 Å². The Hall–Kier alpha value is -1.81. The van der Waals surface area contributed by atoms with Crippen LogP contribution < -0.4 is 0 Å². The Kier molecular flexibility index (Phi) is 3.15. The zero-order valence-electron chi connectivity index (χ0n) is 9.22. The topological polar surface area (TPSA) is 55.1 Å². The Labute approximate surface area is 103 Å². The van der Waals surface area contributed by atoms with Gasteiger partial charge in [-0.15, -0.1) is 0 Å². The van der Waals surface area contributed by atoms with Crippen LogP contribution in [0.25, 0.3) is 5.69 Å². The summed E-state index contributed by atoms with van der Waals surface area (Å²) in [6, 6.07) is 7.24. The molecule has 1 heterocycles. The number of aromatic nitrogens is 2. The molecule has 2 aromatic rings. The van der Waals surface area contributed by atoms with Gasteiger partial charge >= 0.3 is 5.97 Å². The number of aryl methyl sites for hydroxylation is 1. The third kappa shape index (κ3) is 2.65. The minimum atomic E-state index is -0.862. The largest absolute Gasteiger partial charge is 0.481 e. The molecule has 4 nitrogen and oxygen atoms in total. The third-order valence-corrected chi connectivity index (χ3v) is 2.65. The standard InChI is InChI=1S/C12H11ClN2O2/c1-8-9(5-12(16)17)7-15(14-8)11-4-2-3-10(13)6-11/h2-4,6-7H,5H2,1H3,(H,16,17). The second kappa shape index (κ2) is 4.59. The lowest BCUT2D eigenvalue weighted by Gasteiger charge is -2.00. The van der Waals surface area contributed by atoms with Crippen molar-refractivity contribution in [3.63, 3.8) is 0 Å². The highest BCUT2D eigenvalue weighted by Gasteiger charge is 2.09. The fourth-order valence-corrected chi connectivity index (χ4v) is 1.77. The van der Waals surface area contributed by atoms with Crippen molar-refractivity contribution >= 4 is 17.6 Å². The van der Waals surface area contributed by atoms with E-state index in [-0.39, 0.29) is 6.42 Å². The number of benzene rings is 1. The molecule has 0 saturated carbocycles. The maximum atomic E-state index is 10.7. The molecule has 0 aliphatic heterocycles. The Balaban J connectivity index is 2.37. The molecule has 0 spiro atoms. The summed E-state index contributed by atoms with van der Waals surface area (Å²) in [4.78, 5) is 10.7. The molecule has 0 aliphatic rings. The van der Waals surface area contributed by atoms with Gasteiger partial charge < -0.3 is 5.11 Å². The van der Waals surface area contributed by atoms with Gasteiger partial charge in [-0.1, -0.05) is 17.7 Å². The zero-order valence-corrected chi connectivity index (χ0v) is 9.98. The first-order valence-electron chi connectivity index (χ1n) is 5.09. The van der Waals surface area contributed by atoms with Crippen molar-refractivity contribution in [1.29, 1.82) is 0 Å². The molecule has 88 valence electrons. The van der Waals surface area contributed by atoms with E-state index in [1.165, 1.54) is 0 Å². The van der Waals surface area contributed by atoms with Gasteiger partial charge in [0.1, 0.15) is 0 Å². The smallest absolute Gasteiger partial charge is 0.307 e. The quantitative estimate of drug-likeness (QED) is 0.910. The van der Waals surface area contributed by atoms with Crippen LogP contribution in [0.15, 0.2) is 30.5 Å². The van der Waals surface area contributed by atoms with Gasteiger partial charge in [0.2, 0.25) is 0 Å². The summed E-state index contributed by atoms with van der Waals surface area (Å²) >= 11 is 5.89. The van der Waals surface area contributed by atoms with Gasteiger partial charge in [-0.05, 0) is 25.1 Å². The summed E-state index contributed by atoms with van der Waals surface area (Å²) in [6.45, 7) is 1.79. The van der Waals surface area contributed by atoms with Crippen molar-refractivity contribution in [3.05, 3.63) is 46.7 Å². The highest BCUT2D eigenvalue weighted by Crippen LogP contribution is 2.16. The number of nitrogens with zero attached hydrogens (tertiary/aromatic N) is 2. The summed E-state index contributed by atoms with van der Waals surface area (Å²) in [5, 5.41) is 13.6. The fraction of sp³-hybridized carbons (Fsp3) is 0.167. The summed E-state index contributed by atoms with van der Waals surface area (Å²) in [6.07, 6.45) is 1.70. The molecule has 0 aliphatic carbocycles. The van der Waals surface area contributed by atoms with Gasteiger partial charge in [-0.2, -0.15) is 5.10 Å². The third-order valence-electron chi connectivity index (χ3n) is 2.41. The predicted molar refractivity (Wildman–Crippen MR) is 64.7 cm³/mol. The van der Waals surface area contributed by atoms with E-state index in [0.29, 0.717) is 16.3 Å².